The highest BCUT2D eigenvalue weighted by Crippen LogP contribution is 1.89. The fourth-order valence-corrected chi connectivity index (χ4v) is 0.279. The second-order valence-corrected chi connectivity index (χ2v) is 1.30. The molecule has 7 heavy (non-hydrogen) atoms. The van der Waals surface area contributed by atoms with Gasteiger partial charge in [0.05, 0.1) is 0 Å². The SMILES string of the molecule is CC(O)OC(=O)[S]. The van der Waals surface area contributed by atoms with E-state index in [1.54, 1.807) is 0 Å². The molecule has 0 saturated carbocycles. The lowest BCUT2D eigenvalue weighted by Gasteiger charge is -1.99. The maximum atomic E-state index is 9.69. The molecule has 0 aliphatic carbocycles. The number of hydrogen-bond acceptors (Lipinski definition) is 3. The molecule has 0 aliphatic heterocycles. The summed E-state index contributed by atoms with van der Waals surface area (Å²) in [6.45, 7) is 1.31. The number of carbonyl (C=O) groups excluding carboxylic acids is 1. The van der Waals surface area contributed by atoms with E-state index in [9.17, 15) is 4.79 Å². The van der Waals surface area contributed by atoms with Gasteiger partial charge in [-0.25, -0.2) is 4.79 Å². The molecule has 0 saturated heterocycles. The molecule has 1 radical (unpaired) electrons. The van der Waals surface area contributed by atoms with E-state index in [1.807, 2.05) is 0 Å². The minimum Gasteiger partial charge on any atom is -0.425 e. The summed E-state index contributed by atoms with van der Waals surface area (Å²) >= 11 is 3.93. The van der Waals surface area contributed by atoms with Crippen LogP contribution in [0.15, 0.2) is 0 Å². The summed E-state index contributed by atoms with van der Waals surface area (Å²) in [5, 5.41) is 7.33. The number of aliphatic hydroxyl groups excluding tert-OH is 1. The van der Waals surface area contributed by atoms with Gasteiger partial charge < -0.3 is 9.84 Å². The van der Waals surface area contributed by atoms with Crippen LogP contribution >= 0.6 is 12.6 Å². The minimum atomic E-state index is -1.08. The highest BCUT2D eigenvalue weighted by Gasteiger charge is 1.97. The zero-order chi connectivity index (χ0) is 5.86. The third-order valence-electron chi connectivity index (χ3n) is 0.267. The van der Waals surface area contributed by atoms with Gasteiger partial charge >= 0.3 is 5.30 Å². The molecule has 0 spiro atoms. The van der Waals surface area contributed by atoms with E-state index in [2.05, 4.69) is 17.4 Å². The second kappa shape index (κ2) is 2.76. The van der Waals surface area contributed by atoms with E-state index in [-0.39, 0.29) is 0 Å². The Morgan fingerprint density at radius 2 is 2.43 bits per heavy atom. The first kappa shape index (κ1) is 6.65. The zero-order valence-electron chi connectivity index (χ0n) is 3.75. The number of hydrogen-bond donors (Lipinski definition) is 1. The maximum Gasteiger partial charge on any atom is 0.402 e. The van der Waals surface area contributed by atoms with Crippen molar-refractivity contribution >= 4 is 17.9 Å². The van der Waals surface area contributed by atoms with Crippen LogP contribution in [-0.2, 0) is 4.74 Å². The molecule has 0 fully saturated rings. The number of aliphatic hydroxyl groups is 1. The summed E-state index contributed by atoms with van der Waals surface area (Å²) in [5.41, 5.74) is 0. The Morgan fingerprint density at radius 1 is 2.00 bits per heavy atom. The first-order chi connectivity index (χ1) is 3.13. The fraction of sp³-hybridized carbons (Fsp3) is 0.667. The van der Waals surface area contributed by atoms with Gasteiger partial charge in [0.25, 0.3) is 0 Å². The molecule has 0 heterocycles. The highest BCUT2D eigenvalue weighted by molar-refractivity contribution is 7.96. The predicted octanol–water partition coefficient (Wildman–Crippen LogP) is 0.659. The van der Waals surface area contributed by atoms with Gasteiger partial charge in [-0.3, -0.25) is 0 Å². The molecule has 1 N–H and O–H groups in total. The molecular formula is C3H5O3S. The molecule has 1 atom stereocenters. The maximum absolute atomic E-state index is 9.69. The molecule has 0 aliphatic rings. The van der Waals surface area contributed by atoms with Crippen LogP contribution in [0.2, 0.25) is 0 Å². The van der Waals surface area contributed by atoms with Crippen LogP contribution < -0.4 is 0 Å². The Labute approximate surface area is 46.7 Å². The molecular weight excluding hydrogens is 116 g/mol. The smallest absolute Gasteiger partial charge is 0.402 e. The molecule has 0 aromatic carbocycles. The fourth-order valence-electron chi connectivity index (χ4n) is 0.139. The highest BCUT2D eigenvalue weighted by atomic mass is 32.1. The standard InChI is InChI=1S/C3H5O3S/c1-2(4)6-3(5)7/h2,4H,1H3. The van der Waals surface area contributed by atoms with E-state index in [0.717, 1.165) is 0 Å². The molecule has 3 nitrogen and oxygen atoms in total. The monoisotopic (exact) mass is 121 g/mol. The van der Waals surface area contributed by atoms with E-state index in [4.69, 9.17) is 5.11 Å². The van der Waals surface area contributed by atoms with Crippen molar-refractivity contribution in [1.29, 1.82) is 0 Å². The van der Waals surface area contributed by atoms with Crippen LogP contribution in [0.3, 0.4) is 0 Å². The van der Waals surface area contributed by atoms with E-state index < -0.39 is 11.6 Å². The van der Waals surface area contributed by atoms with Crippen molar-refractivity contribution in [1.82, 2.24) is 0 Å². The summed E-state index contributed by atoms with van der Waals surface area (Å²) in [6, 6.07) is 0. The van der Waals surface area contributed by atoms with Crippen molar-refractivity contribution in [3.8, 4) is 0 Å². The predicted molar refractivity (Wildman–Crippen MR) is 25.8 cm³/mol. The van der Waals surface area contributed by atoms with Gasteiger partial charge in [-0.2, -0.15) is 0 Å². The summed E-state index contributed by atoms with van der Waals surface area (Å²) in [7, 11) is 0. The summed E-state index contributed by atoms with van der Waals surface area (Å²) in [4.78, 5) is 9.69. The summed E-state index contributed by atoms with van der Waals surface area (Å²) in [6.07, 6.45) is -1.08. The van der Waals surface area contributed by atoms with E-state index >= 15 is 0 Å². The van der Waals surface area contributed by atoms with Gasteiger partial charge in [0.15, 0.2) is 6.29 Å². The van der Waals surface area contributed by atoms with Gasteiger partial charge in [0, 0.05) is 12.6 Å². The van der Waals surface area contributed by atoms with Crippen LogP contribution in [0.4, 0.5) is 4.79 Å². The van der Waals surface area contributed by atoms with Gasteiger partial charge in [-0.05, 0) is 6.92 Å². The van der Waals surface area contributed by atoms with Crippen molar-refractivity contribution in [2.24, 2.45) is 0 Å². The number of carbonyl (C=O) groups is 1. The number of rotatable bonds is 1. The third kappa shape index (κ3) is 5.65. The van der Waals surface area contributed by atoms with Crippen molar-refractivity contribution in [3.63, 3.8) is 0 Å². The van der Waals surface area contributed by atoms with Gasteiger partial charge in [-0.15, -0.1) is 0 Å². The molecule has 0 amide bonds. The molecule has 4 heteroatoms. The quantitative estimate of drug-likeness (QED) is 0.409. The summed E-state index contributed by atoms with van der Waals surface area (Å²) < 4.78 is 3.98. The minimum absolute atomic E-state index is 0.880. The average molecular weight is 121 g/mol. The Balaban J connectivity index is 3.13. The van der Waals surface area contributed by atoms with E-state index in [1.165, 1.54) is 6.92 Å². The van der Waals surface area contributed by atoms with Crippen LogP contribution in [0.5, 0.6) is 0 Å². The third-order valence-corrected chi connectivity index (χ3v) is 0.363. The first-order valence-electron chi connectivity index (χ1n) is 1.68. The number of ether oxygens (including phenoxy) is 1. The average Bonchev–Trinajstić information content (AvgIpc) is 1.27. The van der Waals surface area contributed by atoms with Crippen LogP contribution in [0.25, 0.3) is 0 Å². The topological polar surface area (TPSA) is 46.5 Å². The molecule has 0 aromatic rings. The lowest BCUT2D eigenvalue weighted by molar-refractivity contribution is -0.0257. The first-order valence-corrected chi connectivity index (χ1v) is 2.09. The molecule has 0 bridgehead atoms. The van der Waals surface area contributed by atoms with Crippen LogP contribution in [0, 0.1) is 0 Å². The van der Waals surface area contributed by atoms with Gasteiger partial charge in [0.1, 0.15) is 0 Å². The lowest BCUT2D eigenvalue weighted by Crippen LogP contribution is -2.07. The Kier molecular flexibility index (Phi) is 2.62. The van der Waals surface area contributed by atoms with Crippen LogP contribution in [0.1, 0.15) is 6.92 Å². The van der Waals surface area contributed by atoms with Crippen molar-refractivity contribution < 1.29 is 14.6 Å². The van der Waals surface area contributed by atoms with E-state index in [0.29, 0.717) is 0 Å². The van der Waals surface area contributed by atoms with Crippen molar-refractivity contribution in [2.45, 2.75) is 13.2 Å². The van der Waals surface area contributed by atoms with Gasteiger partial charge in [0.2, 0.25) is 0 Å². The molecule has 0 aromatic heterocycles. The molecule has 0 rings (SSSR count). The van der Waals surface area contributed by atoms with Gasteiger partial charge in [-0.1, -0.05) is 0 Å². The Bertz CT molecular complexity index is 70.6. The second-order valence-electron chi connectivity index (χ2n) is 0.967. The largest absolute Gasteiger partial charge is 0.425 e. The molecule has 1 unspecified atom stereocenters. The molecule has 41 valence electrons. The van der Waals surface area contributed by atoms with Crippen LogP contribution in [-0.4, -0.2) is 16.7 Å². The Hall–Kier alpha value is -0.350. The summed E-state index contributed by atoms with van der Waals surface area (Å²) in [5.74, 6) is 0. The van der Waals surface area contributed by atoms with Crippen molar-refractivity contribution in [3.05, 3.63) is 0 Å². The zero-order valence-corrected chi connectivity index (χ0v) is 4.57. The Morgan fingerprint density at radius 3 is 2.43 bits per heavy atom. The van der Waals surface area contributed by atoms with Crippen molar-refractivity contribution in [2.75, 3.05) is 0 Å². The normalized spacial score (nSPS) is 12.9. The lowest BCUT2D eigenvalue weighted by atomic mass is 10.8.